The fraction of sp³-hybridized carbons (Fsp3) is 0.444. The lowest BCUT2D eigenvalue weighted by molar-refractivity contribution is -0.119. The molecular weight excluding hydrogens is 198 g/mol. The Kier molecular flexibility index (Phi) is 3.08. The number of carbonyl (C=O) groups excluding carboxylic acids is 1. The Bertz CT molecular complexity index is 498. The van der Waals surface area contributed by atoms with E-state index in [4.69, 9.17) is 0 Å². The van der Waals surface area contributed by atoms with E-state index in [9.17, 15) is 14.4 Å². The molecule has 0 atom stereocenters. The predicted molar refractivity (Wildman–Crippen MR) is 54.4 cm³/mol. The molecule has 0 unspecified atom stereocenters. The first kappa shape index (κ1) is 11.2. The van der Waals surface area contributed by atoms with E-state index in [0.717, 1.165) is 4.57 Å². The van der Waals surface area contributed by atoms with Crippen LogP contribution in [0.3, 0.4) is 0 Å². The monoisotopic (exact) mass is 211 g/mol. The lowest BCUT2D eigenvalue weighted by atomic mass is 10.3. The number of rotatable bonds is 2. The van der Waals surface area contributed by atoms with Crippen molar-refractivity contribution in [3.05, 3.63) is 32.6 Å². The molecule has 0 radical (unpaired) electrons. The van der Waals surface area contributed by atoms with Gasteiger partial charge in [0.15, 0.2) is 0 Å². The summed E-state index contributed by atoms with van der Waals surface area (Å²) in [7, 11) is 2.96. The number of carbonyl (C=O) groups is 1. The maximum absolute atomic E-state index is 11.6. The third-order valence-corrected chi connectivity index (χ3v) is 2.05. The van der Waals surface area contributed by atoms with Crippen LogP contribution in [0.1, 0.15) is 12.5 Å². The van der Waals surface area contributed by atoms with Crippen molar-refractivity contribution in [1.82, 2.24) is 14.5 Å². The summed E-state index contributed by atoms with van der Waals surface area (Å²) >= 11 is 0. The first-order chi connectivity index (χ1) is 6.93. The lowest BCUT2D eigenvalue weighted by Gasteiger charge is -2.06. The number of aryl methyl sites for hydroxylation is 1. The van der Waals surface area contributed by atoms with E-state index in [1.165, 1.54) is 24.7 Å². The van der Waals surface area contributed by atoms with Gasteiger partial charge in [-0.2, -0.15) is 0 Å². The molecule has 0 saturated heterocycles. The van der Waals surface area contributed by atoms with Gasteiger partial charge in [0, 0.05) is 33.8 Å². The summed E-state index contributed by atoms with van der Waals surface area (Å²) in [5.74, 6) is -0.217. The van der Waals surface area contributed by atoms with Gasteiger partial charge in [0.05, 0.1) is 5.56 Å². The highest BCUT2D eigenvalue weighted by Gasteiger charge is 2.06. The molecule has 1 heterocycles. The molecule has 0 saturated carbocycles. The van der Waals surface area contributed by atoms with Crippen molar-refractivity contribution in [3.63, 3.8) is 0 Å². The van der Waals surface area contributed by atoms with Crippen molar-refractivity contribution in [2.24, 2.45) is 14.1 Å². The van der Waals surface area contributed by atoms with Crippen molar-refractivity contribution in [1.29, 1.82) is 0 Å². The molecule has 6 nitrogen and oxygen atoms in total. The summed E-state index contributed by atoms with van der Waals surface area (Å²) in [4.78, 5) is 33.5. The normalized spacial score (nSPS) is 10.1. The highest BCUT2D eigenvalue weighted by atomic mass is 16.2. The van der Waals surface area contributed by atoms with E-state index in [1.807, 2.05) is 0 Å². The van der Waals surface area contributed by atoms with Gasteiger partial charge in [-0.05, 0) is 0 Å². The van der Waals surface area contributed by atoms with E-state index in [1.54, 1.807) is 7.05 Å². The molecule has 0 aliphatic rings. The Morgan fingerprint density at radius 1 is 1.40 bits per heavy atom. The summed E-state index contributed by atoms with van der Waals surface area (Å²) < 4.78 is 2.32. The lowest BCUT2D eigenvalue weighted by Crippen LogP contribution is -2.39. The van der Waals surface area contributed by atoms with Crippen molar-refractivity contribution >= 4 is 5.91 Å². The Morgan fingerprint density at radius 2 is 2.00 bits per heavy atom. The summed E-state index contributed by atoms with van der Waals surface area (Å²) in [6.07, 6.45) is 1.43. The Balaban J connectivity index is 3.16. The van der Waals surface area contributed by atoms with Gasteiger partial charge < -0.3 is 9.88 Å². The number of amides is 1. The van der Waals surface area contributed by atoms with Gasteiger partial charge >= 0.3 is 5.69 Å². The molecule has 1 amide bonds. The van der Waals surface area contributed by atoms with E-state index >= 15 is 0 Å². The van der Waals surface area contributed by atoms with Crippen LogP contribution in [-0.2, 0) is 25.4 Å². The zero-order valence-electron chi connectivity index (χ0n) is 8.90. The molecule has 0 aliphatic carbocycles. The van der Waals surface area contributed by atoms with Crippen LogP contribution in [0.25, 0.3) is 0 Å². The molecular formula is C9H13N3O3. The minimum Gasteiger partial charge on any atom is -0.352 e. The van der Waals surface area contributed by atoms with Crippen molar-refractivity contribution in [3.8, 4) is 0 Å². The van der Waals surface area contributed by atoms with Crippen LogP contribution in [0.5, 0.6) is 0 Å². The predicted octanol–water partition coefficient (Wildman–Crippen LogP) is -1.28. The van der Waals surface area contributed by atoms with E-state index in [-0.39, 0.29) is 23.7 Å². The first-order valence-electron chi connectivity index (χ1n) is 4.43. The number of aromatic nitrogens is 2. The largest absolute Gasteiger partial charge is 0.352 e. The second-order valence-electron chi connectivity index (χ2n) is 3.32. The van der Waals surface area contributed by atoms with Gasteiger partial charge in [0.25, 0.3) is 5.56 Å². The average molecular weight is 211 g/mol. The van der Waals surface area contributed by atoms with Gasteiger partial charge in [-0.1, -0.05) is 0 Å². The summed E-state index contributed by atoms with van der Waals surface area (Å²) in [5.41, 5.74) is -0.381. The quantitative estimate of drug-likeness (QED) is 0.662. The number of nitrogens with zero attached hydrogens (tertiary/aromatic N) is 2. The zero-order chi connectivity index (χ0) is 11.6. The molecule has 6 heteroatoms. The van der Waals surface area contributed by atoms with Crippen LogP contribution in [0.4, 0.5) is 0 Å². The fourth-order valence-corrected chi connectivity index (χ4v) is 1.22. The van der Waals surface area contributed by atoms with Crippen LogP contribution in [0, 0.1) is 0 Å². The summed E-state index contributed by atoms with van der Waals surface area (Å²) in [5, 5.41) is 2.51. The fourth-order valence-electron chi connectivity index (χ4n) is 1.22. The average Bonchev–Trinajstić information content (AvgIpc) is 2.18. The molecule has 1 aromatic rings. The van der Waals surface area contributed by atoms with Crippen LogP contribution in [-0.4, -0.2) is 15.0 Å². The summed E-state index contributed by atoms with van der Waals surface area (Å²) in [6, 6.07) is 0. The third kappa shape index (κ3) is 2.34. The van der Waals surface area contributed by atoms with Gasteiger partial charge in [-0.15, -0.1) is 0 Å². The van der Waals surface area contributed by atoms with Crippen molar-refractivity contribution < 1.29 is 4.79 Å². The molecule has 0 spiro atoms. The molecule has 82 valence electrons. The minimum atomic E-state index is -0.383. The number of hydrogen-bond donors (Lipinski definition) is 1. The molecule has 0 bridgehead atoms. The Hall–Kier alpha value is -1.85. The van der Waals surface area contributed by atoms with Gasteiger partial charge in [-0.25, -0.2) is 4.79 Å². The maximum atomic E-state index is 11.6. The van der Waals surface area contributed by atoms with Crippen LogP contribution in [0.15, 0.2) is 15.8 Å². The molecule has 1 rings (SSSR count). The second-order valence-corrected chi connectivity index (χ2v) is 3.32. The molecule has 0 aliphatic heterocycles. The Labute approximate surface area is 86.1 Å². The number of hydrogen-bond acceptors (Lipinski definition) is 3. The van der Waals surface area contributed by atoms with E-state index in [0.29, 0.717) is 5.56 Å². The summed E-state index contributed by atoms with van der Waals surface area (Å²) in [6.45, 7) is 1.50. The molecule has 1 aromatic heterocycles. The van der Waals surface area contributed by atoms with E-state index < -0.39 is 0 Å². The van der Waals surface area contributed by atoms with E-state index in [2.05, 4.69) is 5.32 Å². The minimum absolute atomic E-state index is 0.135. The van der Waals surface area contributed by atoms with Gasteiger partial charge in [0.2, 0.25) is 5.91 Å². The molecule has 1 N–H and O–H groups in total. The topological polar surface area (TPSA) is 73.1 Å². The highest BCUT2D eigenvalue weighted by Crippen LogP contribution is 1.86. The van der Waals surface area contributed by atoms with Crippen molar-refractivity contribution in [2.45, 2.75) is 13.5 Å². The standard InChI is InChI=1S/C9H13N3O3/c1-6(13)10-4-7-5-11(2)9(15)12(3)8(7)14/h5H,4H2,1-3H3,(H,10,13). The first-order valence-corrected chi connectivity index (χ1v) is 4.43. The maximum Gasteiger partial charge on any atom is 0.330 e. The zero-order valence-corrected chi connectivity index (χ0v) is 8.90. The molecule has 0 aromatic carbocycles. The smallest absolute Gasteiger partial charge is 0.330 e. The van der Waals surface area contributed by atoms with Crippen LogP contribution in [0.2, 0.25) is 0 Å². The van der Waals surface area contributed by atoms with Gasteiger partial charge in [0.1, 0.15) is 0 Å². The molecule has 15 heavy (non-hydrogen) atoms. The van der Waals surface area contributed by atoms with Crippen molar-refractivity contribution in [2.75, 3.05) is 0 Å². The van der Waals surface area contributed by atoms with Gasteiger partial charge in [-0.3, -0.25) is 14.2 Å². The van der Waals surface area contributed by atoms with Crippen LogP contribution >= 0.6 is 0 Å². The number of nitrogens with one attached hydrogen (secondary N) is 1. The second kappa shape index (κ2) is 4.12. The Morgan fingerprint density at radius 3 is 2.53 bits per heavy atom. The highest BCUT2D eigenvalue weighted by molar-refractivity contribution is 5.72. The van der Waals surface area contributed by atoms with Crippen LogP contribution < -0.4 is 16.6 Å². The molecule has 0 fully saturated rings. The SMILES string of the molecule is CC(=O)NCc1cn(C)c(=O)n(C)c1=O. The third-order valence-electron chi connectivity index (χ3n) is 2.05.